The van der Waals surface area contributed by atoms with Gasteiger partial charge in [-0.15, -0.1) is 0 Å². The first-order valence-corrected chi connectivity index (χ1v) is 11.8. The van der Waals surface area contributed by atoms with Gasteiger partial charge in [0.05, 0.1) is 11.2 Å². The summed E-state index contributed by atoms with van der Waals surface area (Å²) >= 11 is 0. The van der Waals surface area contributed by atoms with Crippen molar-refractivity contribution in [1.29, 1.82) is 0 Å². The minimum Gasteiger partial charge on any atom is -0.410 e. The van der Waals surface area contributed by atoms with Crippen LogP contribution in [0.15, 0.2) is 96.1 Å². The van der Waals surface area contributed by atoms with Gasteiger partial charge in [0.1, 0.15) is 11.5 Å². The highest BCUT2D eigenvalue weighted by molar-refractivity contribution is 5.74. The number of nitrogens with zero attached hydrogens (tertiary/aromatic N) is 1. The summed E-state index contributed by atoms with van der Waals surface area (Å²) < 4.78 is 16.2. The zero-order chi connectivity index (χ0) is 25.1. The monoisotopic (exact) mass is 482 g/mol. The second-order valence-corrected chi connectivity index (χ2v) is 8.89. The summed E-state index contributed by atoms with van der Waals surface area (Å²) in [5, 5.41) is 3.15. The van der Waals surface area contributed by atoms with Crippen LogP contribution in [0.1, 0.15) is 31.5 Å². The van der Waals surface area contributed by atoms with Crippen molar-refractivity contribution in [3.63, 3.8) is 0 Å². The highest BCUT2D eigenvalue weighted by Gasteiger charge is 2.48. The van der Waals surface area contributed by atoms with Crippen LogP contribution in [-0.4, -0.2) is 17.2 Å². The molecule has 0 spiro atoms. The molecule has 2 aromatic carbocycles. The van der Waals surface area contributed by atoms with Gasteiger partial charge in [-0.25, -0.2) is 14.6 Å². The Hall–Kier alpha value is -4.39. The highest BCUT2D eigenvalue weighted by atomic mass is 16.7. The van der Waals surface area contributed by atoms with Gasteiger partial charge in [0.25, 0.3) is 0 Å². The molecule has 1 amide bonds. The summed E-state index contributed by atoms with van der Waals surface area (Å²) in [5.74, 6) is 1.03. The molecule has 1 heterocycles. The first-order chi connectivity index (χ1) is 17.5. The maximum atomic E-state index is 13.1. The Bertz CT molecular complexity index is 1350. The maximum absolute atomic E-state index is 13.1. The van der Waals surface area contributed by atoms with Gasteiger partial charge < -0.3 is 19.5 Å². The van der Waals surface area contributed by atoms with Crippen molar-refractivity contribution in [3.05, 3.63) is 107 Å². The number of ether oxygens (including phenoxy) is 3. The van der Waals surface area contributed by atoms with E-state index in [4.69, 9.17) is 14.2 Å². The standard InChI is InChI=1S/C29H26N2O5/c1-3-23-20-16-19(2)18-29(23,31-27(32)34-21-10-6-4-7-11-21)24-14-15-26(30-25(24)17-20)36-28(33)35-22-12-8-5-9-13-22/h3-16,20H,17-18H2,1-2H3,(H,31,32). The summed E-state index contributed by atoms with van der Waals surface area (Å²) in [5.41, 5.74) is 3.05. The minimum atomic E-state index is -0.867. The maximum Gasteiger partial charge on any atom is 0.520 e. The van der Waals surface area contributed by atoms with Crippen LogP contribution < -0.4 is 19.5 Å². The topological polar surface area (TPSA) is 86.8 Å². The number of amides is 1. The first-order valence-electron chi connectivity index (χ1n) is 11.8. The molecule has 2 aliphatic carbocycles. The normalized spacial score (nSPS) is 21.1. The molecule has 7 nitrogen and oxygen atoms in total. The fourth-order valence-electron chi connectivity index (χ4n) is 5.17. The molecule has 1 N–H and O–H groups in total. The third kappa shape index (κ3) is 4.60. The van der Waals surface area contributed by atoms with E-state index in [1.165, 1.54) is 5.57 Å². The number of hydrogen-bond donors (Lipinski definition) is 1. The SMILES string of the molecule is CC=C1C2C=C(C)CC1(NC(=O)Oc1ccccc1)c1ccc(OC(=O)Oc3ccccc3)nc1C2. The van der Waals surface area contributed by atoms with Gasteiger partial charge in [0, 0.05) is 24.0 Å². The smallest absolute Gasteiger partial charge is 0.410 e. The number of hydrogen-bond acceptors (Lipinski definition) is 6. The quantitative estimate of drug-likeness (QED) is 0.274. The van der Waals surface area contributed by atoms with Crippen molar-refractivity contribution in [3.8, 4) is 17.4 Å². The van der Waals surface area contributed by atoms with Crippen LogP contribution >= 0.6 is 0 Å². The molecule has 2 bridgehead atoms. The summed E-state index contributed by atoms with van der Waals surface area (Å²) in [6, 6.07) is 21.1. The summed E-state index contributed by atoms with van der Waals surface area (Å²) in [6.45, 7) is 4.04. The van der Waals surface area contributed by atoms with Crippen LogP contribution in [0.2, 0.25) is 0 Å². The molecule has 1 aromatic heterocycles. The van der Waals surface area contributed by atoms with E-state index in [1.807, 2.05) is 37.3 Å². The molecule has 0 aliphatic heterocycles. The van der Waals surface area contributed by atoms with E-state index in [2.05, 4.69) is 29.4 Å². The van der Waals surface area contributed by atoms with E-state index in [9.17, 15) is 9.59 Å². The molecular weight excluding hydrogens is 456 g/mol. The molecule has 3 aromatic rings. The van der Waals surface area contributed by atoms with E-state index in [-0.39, 0.29) is 11.8 Å². The Labute approximate surface area is 209 Å². The average molecular weight is 483 g/mol. The Morgan fingerprint density at radius 2 is 1.61 bits per heavy atom. The lowest BCUT2D eigenvalue weighted by Gasteiger charge is -2.47. The van der Waals surface area contributed by atoms with Gasteiger partial charge in [0.15, 0.2) is 0 Å². The number of rotatable bonds is 4. The fourth-order valence-corrected chi connectivity index (χ4v) is 5.17. The third-order valence-corrected chi connectivity index (χ3v) is 6.46. The number of aromatic nitrogens is 1. The van der Waals surface area contributed by atoms with Crippen LogP contribution in [0.4, 0.5) is 9.59 Å². The Kier molecular flexibility index (Phi) is 6.29. The summed E-state index contributed by atoms with van der Waals surface area (Å²) in [7, 11) is 0. The second kappa shape index (κ2) is 9.70. The molecule has 0 saturated heterocycles. The molecule has 2 aliphatic rings. The first kappa shape index (κ1) is 23.4. The third-order valence-electron chi connectivity index (χ3n) is 6.46. The van der Waals surface area contributed by atoms with Crippen LogP contribution in [0.25, 0.3) is 0 Å². The number of benzene rings is 2. The summed E-state index contributed by atoms with van der Waals surface area (Å²) in [4.78, 5) is 30.0. The number of nitrogens with one attached hydrogen (secondary N) is 1. The molecule has 182 valence electrons. The van der Waals surface area contributed by atoms with Crippen LogP contribution in [0.3, 0.4) is 0 Å². The van der Waals surface area contributed by atoms with E-state index >= 15 is 0 Å². The Balaban J connectivity index is 1.44. The van der Waals surface area contributed by atoms with Crippen LogP contribution in [0.5, 0.6) is 17.4 Å². The molecule has 2 atom stereocenters. The molecule has 5 rings (SSSR count). The minimum absolute atomic E-state index is 0.0484. The predicted molar refractivity (Wildman–Crippen MR) is 134 cm³/mol. The number of para-hydroxylation sites is 2. The summed E-state index contributed by atoms with van der Waals surface area (Å²) in [6.07, 6.45) is 4.05. The molecule has 0 fully saturated rings. The van der Waals surface area contributed by atoms with Crippen molar-refractivity contribution >= 4 is 12.2 Å². The Morgan fingerprint density at radius 3 is 2.28 bits per heavy atom. The van der Waals surface area contributed by atoms with Gasteiger partial charge in [-0.3, -0.25) is 0 Å². The molecule has 0 saturated carbocycles. The molecule has 36 heavy (non-hydrogen) atoms. The number of carbonyl (C=O) groups is 2. The van der Waals surface area contributed by atoms with Crippen LogP contribution in [-0.2, 0) is 12.0 Å². The predicted octanol–water partition coefficient (Wildman–Crippen LogP) is 6.11. The lowest BCUT2D eigenvalue weighted by atomic mass is 9.63. The van der Waals surface area contributed by atoms with Crippen molar-refractivity contribution in [2.75, 3.05) is 0 Å². The highest BCUT2D eigenvalue weighted by Crippen LogP contribution is 2.50. The number of pyridine rings is 1. The van der Waals surface area contributed by atoms with E-state index in [0.29, 0.717) is 24.3 Å². The van der Waals surface area contributed by atoms with Crippen molar-refractivity contribution in [2.24, 2.45) is 5.92 Å². The van der Waals surface area contributed by atoms with E-state index < -0.39 is 17.8 Å². The van der Waals surface area contributed by atoms with Gasteiger partial charge >= 0.3 is 12.2 Å². The van der Waals surface area contributed by atoms with Gasteiger partial charge in [-0.05, 0) is 56.2 Å². The number of fused-ring (bicyclic) bond motifs is 4. The average Bonchev–Trinajstić information content (AvgIpc) is 2.84. The van der Waals surface area contributed by atoms with Crippen molar-refractivity contribution in [2.45, 2.75) is 32.2 Å². The molecular formula is C29H26N2O5. The van der Waals surface area contributed by atoms with Gasteiger partial charge in [-0.2, -0.15) is 0 Å². The zero-order valence-electron chi connectivity index (χ0n) is 20.1. The van der Waals surface area contributed by atoms with E-state index in [0.717, 1.165) is 16.8 Å². The van der Waals surface area contributed by atoms with Crippen molar-refractivity contribution in [1.82, 2.24) is 10.3 Å². The number of carbonyl (C=O) groups excluding carboxylic acids is 2. The fraction of sp³-hybridized carbons (Fsp3) is 0.207. The molecule has 7 heteroatoms. The Morgan fingerprint density at radius 1 is 0.944 bits per heavy atom. The molecule has 2 unspecified atom stereocenters. The lowest BCUT2D eigenvalue weighted by molar-refractivity contribution is 0.149. The second-order valence-electron chi connectivity index (χ2n) is 8.89. The largest absolute Gasteiger partial charge is 0.520 e. The van der Waals surface area contributed by atoms with E-state index in [1.54, 1.807) is 42.5 Å². The number of allylic oxidation sites excluding steroid dienone is 2. The molecule has 0 radical (unpaired) electrons. The van der Waals surface area contributed by atoms with Crippen LogP contribution in [0, 0.1) is 5.92 Å². The lowest BCUT2D eigenvalue weighted by Crippen LogP contribution is -2.54. The van der Waals surface area contributed by atoms with Crippen molar-refractivity contribution < 1.29 is 23.8 Å². The van der Waals surface area contributed by atoms with Gasteiger partial charge in [0.2, 0.25) is 5.88 Å². The zero-order valence-corrected chi connectivity index (χ0v) is 20.1. The van der Waals surface area contributed by atoms with Gasteiger partial charge in [-0.1, -0.05) is 54.1 Å².